The standard InChI is InChI=1S/C13H25N3O2.ClH/c1-10-7-16(8-11(2)18-10)13(17)9-15(3)12-4-5-14-6-12;/h10-12,14H,4-9H2,1-3H3;1H. The number of morpholine rings is 1. The fourth-order valence-electron chi connectivity index (χ4n) is 2.84. The van der Waals surface area contributed by atoms with Crippen LogP contribution >= 0.6 is 12.4 Å². The monoisotopic (exact) mass is 291 g/mol. The molecule has 0 radical (unpaired) electrons. The summed E-state index contributed by atoms with van der Waals surface area (Å²) in [6.07, 6.45) is 1.44. The first kappa shape index (κ1) is 16.7. The summed E-state index contributed by atoms with van der Waals surface area (Å²) in [5.74, 6) is 0.228. The lowest BCUT2D eigenvalue weighted by Crippen LogP contribution is -2.51. The average Bonchev–Trinajstić information content (AvgIpc) is 2.80. The molecular formula is C13H26ClN3O2. The van der Waals surface area contributed by atoms with Crippen LogP contribution in [0.25, 0.3) is 0 Å². The van der Waals surface area contributed by atoms with Crippen LogP contribution in [0.15, 0.2) is 0 Å². The average molecular weight is 292 g/mol. The Morgan fingerprint density at radius 2 is 2.00 bits per heavy atom. The number of amides is 1. The normalized spacial score (nSPS) is 31.4. The van der Waals surface area contributed by atoms with Crippen LogP contribution in [-0.4, -0.2) is 73.7 Å². The van der Waals surface area contributed by atoms with Gasteiger partial charge in [-0.15, -0.1) is 12.4 Å². The van der Waals surface area contributed by atoms with E-state index < -0.39 is 0 Å². The zero-order valence-corrected chi connectivity index (χ0v) is 12.9. The van der Waals surface area contributed by atoms with Gasteiger partial charge in [0.1, 0.15) is 0 Å². The Kier molecular flexibility index (Phi) is 6.53. The van der Waals surface area contributed by atoms with Crippen molar-refractivity contribution >= 4 is 18.3 Å². The van der Waals surface area contributed by atoms with E-state index in [0.29, 0.717) is 12.6 Å². The molecule has 2 aliphatic heterocycles. The molecule has 6 heteroatoms. The van der Waals surface area contributed by atoms with Crippen LogP contribution in [0, 0.1) is 0 Å². The van der Waals surface area contributed by atoms with Gasteiger partial charge in [0, 0.05) is 25.7 Å². The lowest BCUT2D eigenvalue weighted by Gasteiger charge is -2.36. The van der Waals surface area contributed by atoms with E-state index in [2.05, 4.69) is 10.2 Å². The molecule has 19 heavy (non-hydrogen) atoms. The van der Waals surface area contributed by atoms with Gasteiger partial charge in [0.25, 0.3) is 0 Å². The van der Waals surface area contributed by atoms with Crippen molar-refractivity contribution in [3.05, 3.63) is 0 Å². The fraction of sp³-hybridized carbons (Fsp3) is 0.923. The maximum atomic E-state index is 12.3. The number of carbonyl (C=O) groups excluding carboxylic acids is 1. The largest absolute Gasteiger partial charge is 0.372 e. The second-order valence-electron chi connectivity index (χ2n) is 5.62. The van der Waals surface area contributed by atoms with E-state index in [9.17, 15) is 4.79 Å². The Bertz CT molecular complexity index is 288. The summed E-state index contributed by atoms with van der Waals surface area (Å²) < 4.78 is 5.65. The number of nitrogens with zero attached hydrogens (tertiary/aromatic N) is 2. The molecule has 0 aromatic heterocycles. The highest BCUT2D eigenvalue weighted by molar-refractivity contribution is 5.85. The van der Waals surface area contributed by atoms with Gasteiger partial charge in [-0.3, -0.25) is 9.69 Å². The van der Waals surface area contributed by atoms with Crippen molar-refractivity contribution in [1.82, 2.24) is 15.1 Å². The van der Waals surface area contributed by atoms with Gasteiger partial charge < -0.3 is 15.0 Å². The highest BCUT2D eigenvalue weighted by Gasteiger charge is 2.28. The molecule has 0 aromatic carbocycles. The number of rotatable bonds is 3. The van der Waals surface area contributed by atoms with Crippen LogP contribution in [-0.2, 0) is 9.53 Å². The zero-order valence-electron chi connectivity index (χ0n) is 12.1. The van der Waals surface area contributed by atoms with Crippen LogP contribution in [0.1, 0.15) is 20.3 Å². The number of carbonyl (C=O) groups is 1. The SMILES string of the molecule is CC1CN(C(=O)CN(C)C2CCNC2)CC(C)O1.Cl. The van der Waals surface area contributed by atoms with E-state index in [-0.39, 0.29) is 30.5 Å². The summed E-state index contributed by atoms with van der Waals surface area (Å²) in [6.45, 7) is 8.08. The van der Waals surface area contributed by atoms with Gasteiger partial charge in [-0.05, 0) is 33.9 Å². The Morgan fingerprint density at radius 3 is 2.53 bits per heavy atom. The predicted molar refractivity (Wildman–Crippen MR) is 77.7 cm³/mol. The predicted octanol–water partition coefficient (Wildman–Crippen LogP) is 0.338. The summed E-state index contributed by atoms with van der Waals surface area (Å²) in [6, 6.07) is 0.504. The molecule has 1 N–H and O–H groups in total. The summed E-state index contributed by atoms with van der Waals surface area (Å²) in [5.41, 5.74) is 0. The van der Waals surface area contributed by atoms with Crippen molar-refractivity contribution < 1.29 is 9.53 Å². The van der Waals surface area contributed by atoms with Crippen molar-refractivity contribution in [1.29, 1.82) is 0 Å². The van der Waals surface area contributed by atoms with Gasteiger partial charge in [-0.2, -0.15) is 0 Å². The van der Waals surface area contributed by atoms with Crippen molar-refractivity contribution in [2.24, 2.45) is 0 Å². The lowest BCUT2D eigenvalue weighted by atomic mass is 10.2. The number of halogens is 1. The number of nitrogens with one attached hydrogen (secondary N) is 1. The molecule has 3 atom stereocenters. The van der Waals surface area contributed by atoms with E-state index in [1.54, 1.807) is 0 Å². The van der Waals surface area contributed by atoms with Crippen molar-refractivity contribution in [3.8, 4) is 0 Å². The van der Waals surface area contributed by atoms with E-state index in [1.807, 2.05) is 25.8 Å². The van der Waals surface area contributed by atoms with E-state index in [1.165, 1.54) is 0 Å². The summed E-state index contributed by atoms with van der Waals surface area (Å²) in [4.78, 5) is 16.4. The molecule has 2 heterocycles. The molecule has 0 saturated carbocycles. The Balaban J connectivity index is 0.00000180. The van der Waals surface area contributed by atoms with Crippen LogP contribution in [0.5, 0.6) is 0 Å². The smallest absolute Gasteiger partial charge is 0.236 e. The molecule has 3 unspecified atom stereocenters. The van der Waals surface area contributed by atoms with E-state index >= 15 is 0 Å². The molecule has 0 aromatic rings. The number of hydrogen-bond donors (Lipinski definition) is 1. The first-order valence-electron chi connectivity index (χ1n) is 6.90. The molecule has 0 aliphatic carbocycles. The molecule has 0 bridgehead atoms. The number of ether oxygens (including phenoxy) is 1. The number of likely N-dealkylation sites (N-methyl/N-ethyl adjacent to an activating group) is 1. The van der Waals surface area contributed by atoms with Crippen LogP contribution in [0.4, 0.5) is 0 Å². The Hall–Kier alpha value is -0.360. The lowest BCUT2D eigenvalue weighted by molar-refractivity contribution is -0.144. The van der Waals surface area contributed by atoms with E-state index in [0.717, 1.165) is 32.6 Å². The molecule has 112 valence electrons. The van der Waals surface area contributed by atoms with Crippen LogP contribution in [0.3, 0.4) is 0 Å². The molecule has 2 aliphatic rings. The van der Waals surface area contributed by atoms with Crippen molar-refractivity contribution in [3.63, 3.8) is 0 Å². The topological polar surface area (TPSA) is 44.8 Å². The molecule has 0 spiro atoms. The summed E-state index contributed by atoms with van der Waals surface area (Å²) >= 11 is 0. The van der Waals surface area contributed by atoms with Gasteiger partial charge in [0.15, 0.2) is 0 Å². The quantitative estimate of drug-likeness (QED) is 0.814. The minimum Gasteiger partial charge on any atom is -0.372 e. The summed E-state index contributed by atoms with van der Waals surface area (Å²) in [5, 5.41) is 3.33. The fourth-order valence-corrected chi connectivity index (χ4v) is 2.84. The van der Waals surface area contributed by atoms with Crippen LogP contribution in [0.2, 0.25) is 0 Å². The minimum absolute atomic E-state index is 0. The maximum Gasteiger partial charge on any atom is 0.236 e. The third-order valence-electron chi connectivity index (χ3n) is 3.81. The molecule has 2 rings (SSSR count). The second-order valence-corrected chi connectivity index (χ2v) is 5.62. The van der Waals surface area contributed by atoms with Crippen LogP contribution < -0.4 is 5.32 Å². The molecule has 2 fully saturated rings. The minimum atomic E-state index is 0. The highest BCUT2D eigenvalue weighted by atomic mass is 35.5. The molecular weight excluding hydrogens is 266 g/mol. The first-order chi connectivity index (χ1) is 8.56. The zero-order chi connectivity index (χ0) is 13.1. The maximum absolute atomic E-state index is 12.3. The van der Waals surface area contributed by atoms with Gasteiger partial charge in [-0.25, -0.2) is 0 Å². The molecule has 5 nitrogen and oxygen atoms in total. The van der Waals surface area contributed by atoms with Crippen molar-refractivity contribution in [2.75, 3.05) is 39.8 Å². The second kappa shape index (κ2) is 7.43. The summed E-state index contributed by atoms with van der Waals surface area (Å²) in [7, 11) is 2.04. The van der Waals surface area contributed by atoms with Gasteiger partial charge in [0.05, 0.1) is 18.8 Å². The molecule has 1 amide bonds. The highest BCUT2D eigenvalue weighted by Crippen LogP contribution is 2.12. The first-order valence-corrected chi connectivity index (χ1v) is 6.90. The third-order valence-corrected chi connectivity index (χ3v) is 3.81. The van der Waals surface area contributed by atoms with Gasteiger partial charge in [0.2, 0.25) is 5.91 Å². The Labute approximate surface area is 122 Å². The number of hydrogen-bond acceptors (Lipinski definition) is 4. The van der Waals surface area contributed by atoms with Gasteiger partial charge >= 0.3 is 0 Å². The Morgan fingerprint density at radius 1 is 1.37 bits per heavy atom. The third kappa shape index (κ3) is 4.60. The van der Waals surface area contributed by atoms with E-state index in [4.69, 9.17) is 4.74 Å². The van der Waals surface area contributed by atoms with Gasteiger partial charge in [-0.1, -0.05) is 0 Å². The van der Waals surface area contributed by atoms with Crippen molar-refractivity contribution in [2.45, 2.75) is 38.5 Å². The molecule has 2 saturated heterocycles.